The van der Waals surface area contributed by atoms with Crippen molar-refractivity contribution in [3.05, 3.63) is 0 Å². The van der Waals surface area contributed by atoms with Crippen molar-refractivity contribution < 1.29 is 9.47 Å². The van der Waals surface area contributed by atoms with E-state index in [4.69, 9.17) is 9.47 Å². The van der Waals surface area contributed by atoms with Gasteiger partial charge in [0.1, 0.15) is 12.5 Å². The van der Waals surface area contributed by atoms with Crippen LogP contribution < -0.4 is 0 Å². The van der Waals surface area contributed by atoms with Gasteiger partial charge in [0.15, 0.2) is 0 Å². The first-order chi connectivity index (χ1) is 6.92. The Balaban J connectivity index is 4.27. The average molecular weight is 231 g/mol. The van der Waals surface area contributed by atoms with Crippen LogP contribution >= 0.6 is 0 Å². The quantitative estimate of drug-likeness (QED) is 0.693. The fourth-order valence-corrected chi connectivity index (χ4v) is 1.49. The van der Waals surface area contributed by atoms with Gasteiger partial charge in [-0.1, -0.05) is 0 Å². The summed E-state index contributed by atoms with van der Waals surface area (Å²) in [6.07, 6.45) is 0.0784. The Bertz CT molecular complexity index is 181. The van der Waals surface area contributed by atoms with E-state index >= 15 is 0 Å². The van der Waals surface area contributed by atoms with Crippen molar-refractivity contribution in [3.63, 3.8) is 0 Å². The summed E-state index contributed by atoms with van der Waals surface area (Å²) in [6.45, 7) is 16.5. The van der Waals surface area contributed by atoms with E-state index in [9.17, 15) is 0 Å². The van der Waals surface area contributed by atoms with E-state index in [0.717, 1.165) is 0 Å². The molecule has 0 saturated heterocycles. The standard InChI is InChI=1S/C13H29NO2/c1-10(15-12(3,4)5)14(9)11(2)16-13(6,7)8/h10-11H,1-9H3. The zero-order valence-corrected chi connectivity index (χ0v) is 12.4. The van der Waals surface area contributed by atoms with Gasteiger partial charge >= 0.3 is 0 Å². The van der Waals surface area contributed by atoms with Crippen LogP contribution in [0.1, 0.15) is 55.4 Å². The molecule has 0 aliphatic carbocycles. The molecule has 0 saturated carbocycles. The lowest BCUT2D eigenvalue weighted by atomic mass is 10.2. The van der Waals surface area contributed by atoms with E-state index in [2.05, 4.69) is 46.4 Å². The molecule has 2 unspecified atom stereocenters. The average Bonchev–Trinajstić information content (AvgIpc) is 1.96. The number of hydrogen-bond donors (Lipinski definition) is 0. The van der Waals surface area contributed by atoms with Gasteiger partial charge < -0.3 is 9.47 Å². The van der Waals surface area contributed by atoms with Crippen molar-refractivity contribution >= 4 is 0 Å². The normalized spacial score (nSPS) is 17.6. The second kappa shape index (κ2) is 5.48. The number of rotatable bonds is 4. The summed E-state index contributed by atoms with van der Waals surface area (Å²) in [4.78, 5) is 2.09. The molecular weight excluding hydrogens is 202 g/mol. The second-order valence-corrected chi connectivity index (χ2v) is 6.32. The van der Waals surface area contributed by atoms with Gasteiger partial charge in [-0.15, -0.1) is 0 Å². The van der Waals surface area contributed by atoms with E-state index in [1.54, 1.807) is 0 Å². The van der Waals surface area contributed by atoms with Crippen molar-refractivity contribution in [1.82, 2.24) is 4.90 Å². The van der Waals surface area contributed by atoms with Gasteiger partial charge in [0.25, 0.3) is 0 Å². The van der Waals surface area contributed by atoms with Crippen LogP contribution in [0.2, 0.25) is 0 Å². The lowest BCUT2D eigenvalue weighted by Gasteiger charge is -2.37. The van der Waals surface area contributed by atoms with E-state index in [0.29, 0.717) is 0 Å². The molecule has 0 amide bonds. The zero-order chi connectivity index (χ0) is 13.1. The lowest BCUT2D eigenvalue weighted by molar-refractivity contribution is -0.193. The third-order valence-corrected chi connectivity index (χ3v) is 2.20. The van der Waals surface area contributed by atoms with Gasteiger partial charge in [-0.2, -0.15) is 0 Å². The maximum absolute atomic E-state index is 5.88. The maximum Gasteiger partial charge on any atom is 0.110 e. The van der Waals surface area contributed by atoms with Gasteiger partial charge in [-0.05, 0) is 62.4 Å². The molecule has 16 heavy (non-hydrogen) atoms. The largest absolute Gasteiger partial charge is 0.358 e. The summed E-state index contributed by atoms with van der Waals surface area (Å²) in [5.74, 6) is 0. The highest BCUT2D eigenvalue weighted by atomic mass is 16.6. The van der Waals surface area contributed by atoms with Crippen LogP contribution in [-0.4, -0.2) is 35.6 Å². The minimum atomic E-state index is -0.130. The molecule has 0 bridgehead atoms. The molecule has 2 atom stereocenters. The molecule has 3 heteroatoms. The molecule has 0 heterocycles. The molecule has 0 aromatic heterocycles. The molecule has 0 N–H and O–H groups in total. The van der Waals surface area contributed by atoms with Crippen LogP contribution in [-0.2, 0) is 9.47 Å². The summed E-state index contributed by atoms with van der Waals surface area (Å²) in [5, 5.41) is 0. The molecule has 0 aromatic rings. The third-order valence-electron chi connectivity index (χ3n) is 2.20. The zero-order valence-electron chi connectivity index (χ0n) is 12.4. The minimum Gasteiger partial charge on any atom is -0.358 e. The van der Waals surface area contributed by atoms with Crippen LogP contribution in [0, 0.1) is 0 Å². The molecule has 0 fully saturated rings. The summed E-state index contributed by atoms with van der Waals surface area (Å²) in [7, 11) is 2.02. The van der Waals surface area contributed by atoms with Gasteiger partial charge in [0.05, 0.1) is 11.2 Å². The fourth-order valence-electron chi connectivity index (χ4n) is 1.49. The summed E-state index contributed by atoms with van der Waals surface area (Å²) < 4.78 is 11.8. The number of hydrogen-bond acceptors (Lipinski definition) is 3. The van der Waals surface area contributed by atoms with E-state index < -0.39 is 0 Å². The second-order valence-electron chi connectivity index (χ2n) is 6.32. The van der Waals surface area contributed by atoms with Crippen LogP contribution in [0.4, 0.5) is 0 Å². The Hall–Kier alpha value is -0.120. The van der Waals surface area contributed by atoms with Gasteiger partial charge in [0, 0.05) is 0 Å². The summed E-state index contributed by atoms with van der Waals surface area (Å²) in [6, 6.07) is 0. The minimum absolute atomic E-state index is 0.0392. The lowest BCUT2D eigenvalue weighted by Crippen LogP contribution is -2.45. The Kier molecular flexibility index (Phi) is 5.44. The first-order valence-electron chi connectivity index (χ1n) is 6.00. The smallest absolute Gasteiger partial charge is 0.110 e. The highest BCUT2D eigenvalue weighted by molar-refractivity contribution is 4.67. The highest BCUT2D eigenvalue weighted by Gasteiger charge is 2.25. The van der Waals surface area contributed by atoms with Crippen molar-refractivity contribution in [2.45, 2.75) is 79.0 Å². The Morgan fingerprint density at radius 3 is 1.19 bits per heavy atom. The summed E-state index contributed by atoms with van der Waals surface area (Å²) in [5.41, 5.74) is -0.260. The fraction of sp³-hybridized carbons (Fsp3) is 1.00. The van der Waals surface area contributed by atoms with E-state index in [1.165, 1.54) is 0 Å². The Labute approximate surface area is 101 Å². The first-order valence-corrected chi connectivity index (χ1v) is 6.00. The van der Waals surface area contributed by atoms with Crippen molar-refractivity contribution in [2.24, 2.45) is 0 Å². The monoisotopic (exact) mass is 231 g/mol. The van der Waals surface area contributed by atoms with Crippen molar-refractivity contribution in [2.75, 3.05) is 7.05 Å². The molecule has 0 spiro atoms. The number of nitrogens with zero attached hydrogens (tertiary/aromatic N) is 1. The topological polar surface area (TPSA) is 21.7 Å². The summed E-state index contributed by atoms with van der Waals surface area (Å²) >= 11 is 0. The van der Waals surface area contributed by atoms with Crippen molar-refractivity contribution in [3.8, 4) is 0 Å². The van der Waals surface area contributed by atoms with Crippen LogP contribution in [0.5, 0.6) is 0 Å². The highest BCUT2D eigenvalue weighted by Crippen LogP contribution is 2.18. The van der Waals surface area contributed by atoms with Gasteiger partial charge in [-0.3, -0.25) is 4.90 Å². The van der Waals surface area contributed by atoms with Crippen LogP contribution in [0.3, 0.4) is 0 Å². The van der Waals surface area contributed by atoms with Gasteiger partial charge in [0.2, 0.25) is 0 Å². The van der Waals surface area contributed by atoms with Crippen LogP contribution in [0.25, 0.3) is 0 Å². The SMILES string of the molecule is CC(OC(C)(C)C)N(C)C(C)OC(C)(C)C. The Morgan fingerprint density at radius 1 is 0.750 bits per heavy atom. The van der Waals surface area contributed by atoms with Gasteiger partial charge in [-0.25, -0.2) is 0 Å². The molecule has 3 nitrogen and oxygen atoms in total. The first kappa shape index (κ1) is 15.9. The Morgan fingerprint density at radius 2 is 1.00 bits per heavy atom. The predicted molar refractivity (Wildman–Crippen MR) is 68.4 cm³/mol. The van der Waals surface area contributed by atoms with E-state index in [-0.39, 0.29) is 23.7 Å². The molecule has 0 aliphatic heterocycles. The molecule has 0 radical (unpaired) electrons. The predicted octanol–water partition coefficient (Wildman–Crippen LogP) is 3.24. The third kappa shape index (κ3) is 7.20. The molecule has 0 aliphatic rings. The van der Waals surface area contributed by atoms with E-state index in [1.807, 2.05) is 20.9 Å². The molecular formula is C13H29NO2. The van der Waals surface area contributed by atoms with Crippen LogP contribution in [0.15, 0.2) is 0 Å². The molecule has 98 valence electrons. The van der Waals surface area contributed by atoms with Crippen molar-refractivity contribution in [1.29, 1.82) is 0 Å². The maximum atomic E-state index is 5.88. The molecule has 0 rings (SSSR count). The molecule has 0 aromatic carbocycles. The number of ether oxygens (including phenoxy) is 2.